The van der Waals surface area contributed by atoms with E-state index in [2.05, 4.69) is 5.32 Å². The standard InChI is InChI=1S/C12H16N2OS/c1-8-4-5-10(9(13)7-8)14-12(15)11-3-2-6-16-11/h4-5,7,11H,2-3,6,13H2,1H3,(H,14,15). The number of hydrogen-bond acceptors (Lipinski definition) is 3. The van der Waals surface area contributed by atoms with Crippen molar-refractivity contribution in [3.8, 4) is 0 Å². The van der Waals surface area contributed by atoms with Crippen molar-refractivity contribution in [1.82, 2.24) is 0 Å². The van der Waals surface area contributed by atoms with Crippen LogP contribution in [-0.2, 0) is 4.79 Å². The maximum absolute atomic E-state index is 11.9. The number of nitrogen functional groups attached to an aromatic ring is 1. The second kappa shape index (κ2) is 4.78. The normalized spacial score (nSPS) is 19.7. The van der Waals surface area contributed by atoms with Crippen LogP contribution >= 0.6 is 11.8 Å². The van der Waals surface area contributed by atoms with E-state index in [1.54, 1.807) is 11.8 Å². The maximum atomic E-state index is 11.9. The highest BCUT2D eigenvalue weighted by Gasteiger charge is 2.23. The van der Waals surface area contributed by atoms with E-state index in [-0.39, 0.29) is 11.2 Å². The molecule has 0 aromatic heterocycles. The van der Waals surface area contributed by atoms with Gasteiger partial charge in [0.25, 0.3) is 0 Å². The minimum Gasteiger partial charge on any atom is -0.397 e. The number of amides is 1. The van der Waals surface area contributed by atoms with Crippen molar-refractivity contribution in [1.29, 1.82) is 0 Å². The average Bonchev–Trinajstić information content (AvgIpc) is 2.75. The molecule has 0 spiro atoms. The summed E-state index contributed by atoms with van der Waals surface area (Å²) in [5, 5.41) is 2.99. The van der Waals surface area contributed by atoms with Gasteiger partial charge in [-0.2, -0.15) is 0 Å². The highest BCUT2D eigenvalue weighted by molar-refractivity contribution is 8.00. The molecule has 86 valence electrons. The quantitative estimate of drug-likeness (QED) is 0.775. The van der Waals surface area contributed by atoms with Crippen molar-refractivity contribution < 1.29 is 4.79 Å². The number of thioether (sulfide) groups is 1. The Balaban J connectivity index is 2.05. The monoisotopic (exact) mass is 236 g/mol. The average molecular weight is 236 g/mol. The van der Waals surface area contributed by atoms with Crippen molar-refractivity contribution in [2.24, 2.45) is 0 Å². The first kappa shape index (κ1) is 11.3. The molecule has 0 aliphatic carbocycles. The van der Waals surface area contributed by atoms with Gasteiger partial charge in [-0.1, -0.05) is 6.07 Å². The van der Waals surface area contributed by atoms with Crippen molar-refractivity contribution in [3.63, 3.8) is 0 Å². The molecule has 1 aliphatic heterocycles. The van der Waals surface area contributed by atoms with Gasteiger partial charge in [-0.3, -0.25) is 4.79 Å². The fourth-order valence-corrected chi connectivity index (χ4v) is 2.96. The van der Waals surface area contributed by atoms with Crippen molar-refractivity contribution >= 4 is 29.0 Å². The van der Waals surface area contributed by atoms with E-state index in [0.717, 1.165) is 29.8 Å². The molecule has 4 heteroatoms. The van der Waals surface area contributed by atoms with Gasteiger partial charge in [0, 0.05) is 0 Å². The summed E-state index contributed by atoms with van der Waals surface area (Å²) in [6, 6.07) is 5.69. The Morgan fingerprint density at radius 1 is 1.56 bits per heavy atom. The summed E-state index contributed by atoms with van der Waals surface area (Å²) in [6.45, 7) is 1.98. The number of nitrogens with two attached hydrogens (primary N) is 1. The van der Waals surface area contributed by atoms with Crippen LogP contribution in [0, 0.1) is 6.92 Å². The van der Waals surface area contributed by atoms with Gasteiger partial charge in [0.05, 0.1) is 16.6 Å². The minimum atomic E-state index is 0.0815. The molecule has 1 heterocycles. The highest BCUT2D eigenvalue weighted by atomic mass is 32.2. The number of hydrogen-bond donors (Lipinski definition) is 2. The zero-order chi connectivity index (χ0) is 11.5. The predicted octanol–water partition coefficient (Wildman–Crippen LogP) is 2.41. The van der Waals surface area contributed by atoms with Crippen LogP contribution in [0.3, 0.4) is 0 Å². The van der Waals surface area contributed by atoms with Crippen LogP contribution in [0.15, 0.2) is 18.2 Å². The Bertz CT molecular complexity index is 400. The van der Waals surface area contributed by atoms with Gasteiger partial charge in [-0.15, -0.1) is 11.8 Å². The molecule has 0 radical (unpaired) electrons. The number of carbonyl (C=O) groups is 1. The predicted molar refractivity (Wildman–Crippen MR) is 69.7 cm³/mol. The first-order chi connectivity index (χ1) is 7.66. The van der Waals surface area contributed by atoms with Crippen LogP contribution < -0.4 is 11.1 Å². The summed E-state index contributed by atoms with van der Waals surface area (Å²) in [4.78, 5) is 11.9. The molecule has 1 aliphatic rings. The van der Waals surface area contributed by atoms with Crippen LogP contribution in [0.2, 0.25) is 0 Å². The van der Waals surface area contributed by atoms with Crippen LogP contribution in [0.1, 0.15) is 18.4 Å². The molecule has 3 N–H and O–H groups in total. The number of benzene rings is 1. The van der Waals surface area contributed by atoms with E-state index in [0.29, 0.717) is 5.69 Å². The third-order valence-electron chi connectivity index (χ3n) is 2.69. The molecule has 0 bridgehead atoms. The van der Waals surface area contributed by atoms with Crippen LogP contribution in [0.5, 0.6) is 0 Å². The van der Waals surface area contributed by atoms with Gasteiger partial charge >= 0.3 is 0 Å². The van der Waals surface area contributed by atoms with E-state index in [9.17, 15) is 4.79 Å². The fraction of sp³-hybridized carbons (Fsp3) is 0.417. The lowest BCUT2D eigenvalue weighted by molar-refractivity contribution is -0.115. The van der Waals surface area contributed by atoms with Crippen molar-refractivity contribution in [2.75, 3.05) is 16.8 Å². The smallest absolute Gasteiger partial charge is 0.237 e. The first-order valence-electron chi connectivity index (χ1n) is 5.45. The molecule has 1 saturated heterocycles. The molecule has 3 nitrogen and oxygen atoms in total. The summed E-state index contributed by atoms with van der Waals surface area (Å²) < 4.78 is 0. The van der Waals surface area contributed by atoms with Gasteiger partial charge in [0.15, 0.2) is 0 Å². The lowest BCUT2D eigenvalue weighted by Crippen LogP contribution is -2.23. The van der Waals surface area contributed by atoms with Crippen LogP contribution in [0.25, 0.3) is 0 Å². The van der Waals surface area contributed by atoms with E-state index in [4.69, 9.17) is 5.73 Å². The summed E-state index contributed by atoms with van der Waals surface area (Å²) in [5.41, 5.74) is 8.31. The van der Waals surface area contributed by atoms with Gasteiger partial charge in [0.1, 0.15) is 0 Å². The van der Waals surface area contributed by atoms with E-state index in [1.165, 1.54) is 0 Å². The molecular weight excluding hydrogens is 220 g/mol. The largest absolute Gasteiger partial charge is 0.397 e. The SMILES string of the molecule is Cc1ccc(NC(=O)C2CCCS2)c(N)c1. The Labute approximate surface area is 99.8 Å². The Morgan fingerprint density at radius 2 is 2.38 bits per heavy atom. The number of carbonyl (C=O) groups excluding carboxylic acids is 1. The molecule has 1 unspecified atom stereocenters. The fourth-order valence-electron chi connectivity index (χ4n) is 1.79. The van der Waals surface area contributed by atoms with Crippen LogP contribution in [0.4, 0.5) is 11.4 Å². The summed E-state index contributed by atoms with van der Waals surface area (Å²) >= 11 is 1.73. The second-order valence-electron chi connectivity index (χ2n) is 4.08. The summed E-state index contributed by atoms with van der Waals surface area (Å²) in [5.74, 6) is 1.17. The summed E-state index contributed by atoms with van der Waals surface area (Å²) in [6.07, 6.45) is 2.11. The van der Waals surface area contributed by atoms with Crippen molar-refractivity contribution in [2.45, 2.75) is 25.0 Å². The zero-order valence-corrected chi connectivity index (χ0v) is 10.1. The van der Waals surface area contributed by atoms with E-state index < -0.39 is 0 Å². The Kier molecular flexibility index (Phi) is 3.39. The zero-order valence-electron chi connectivity index (χ0n) is 9.32. The molecule has 1 atom stereocenters. The lowest BCUT2D eigenvalue weighted by Gasteiger charge is -2.12. The topological polar surface area (TPSA) is 55.1 Å². The molecule has 1 aromatic carbocycles. The molecule has 2 rings (SSSR count). The lowest BCUT2D eigenvalue weighted by atomic mass is 10.2. The highest BCUT2D eigenvalue weighted by Crippen LogP contribution is 2.28. The number of rotatable bonds is 2. The third-order valence-corrected chi connectivity index (χ3v) is 4.06. The third kappa shape index (κ3) is 2.50. The van der Waals surface area contributed by atoms with Gasteiger partial charge in [0.2, 0.25) is 5.91 Å². The number of nitrogens with one attached hydrogen (secondary N) is 1. The Hall–Kier alpha value is -1.16. The van der Waals surface area contributed by atoms with Gasteiger partial charge < -0.3 is 11.1 Å². The minimum absolute atomic E-state index is 0.0815. The number of anilines is 2. The molecule has 0 saturated carbocycles. The van der Waals surface area contributed by atoms with Crippen molar-refractivity contribution in [3.05, 3.63) is 23.8 Å². The van der Waals surface area contributed by atoms with Gasteiger partial charge in [-0.25, -0.2) is 0 Å². The first-order valence-corrected chi connectivity index (χ1v) is 6.50. The molecule has 1 aromatic rings. The number of aryl methyl sites for hydroxylation is 1. The molecular formula is C12H16N2OS. The molecule has 1 fully saturated rings. The molecule has 1 amide bonds. The molecule has 16 heavy (non-hydrogen) atoms. The Morgan fingerprint density at radius 3 is 3.00 bits per heavy atom. The van der Waals surface area contributed by atoms with E-state index >= 15 is 0 Å². The van der Waals surface area contributed by atoms with Crippen LogP contribution in [-0.4, -0.2) is 16.9 Å². The summed E-state index contributed by atoms with van der Waals surface area (Å²) in [7, 11) is 0. The van der Waals surface area contributed by atoms with Gasteiger partial charge in [-0.05, 0) is 43.2 Å². The maximum Gasteiger partial charge on any atom is 0.237 e. The second-order valence-corrected chi connectivity index (χ2v) is 5.39. The van der Waals surface area contributed by atoms with E-state index in [1.807, 2.05) is 25.1 Å².